The Hall–Kier alpha value is -5.17. The van der Waals surface area contributed by atoms with Crippen molar-refractivity contribution in [2.45, 2.75) is 160 Å². The van der Waals surface area contributed by atoms with E-state index in [1.165, 1.54) is 4.90 Å². The lowest BCUT2D eigenvalue weighted by atomic mass is 9.95. The van der Waals surface area contributed by atoms with Gasteiger partial charge in [-0.1, -0.05) is 69.6 Å². The predicted molar refractivity (Wildman–Crippen MR) is 251 cm³/mol. The first kappa shape index (κ1) is 58.0. The summed E-state index contributed by atoms with van der Waals surface area (Å²) in [6.07, 6.45) is -0.285. The van der Waals surface area contributed by atoms with Crippen molar-refractivity contribution in [1.29, 1.82) is 0 Å². The van der Waals surface area contributed by atoms with E-state index in [-0.39, 0.29) is 49.8 Å². The first-order valence-corrected chi connectivity index (χ1v) is 24.8. The van der Waals surface area contributed by atoms with Gasteiger partial charge in [0.1, 0.15) is 42.3 Å². The molecule has 2 saturated heterocycles. The summed E-state index contributed by atoms with van der Waals surface area (Å²) in [6.45, 7) is 13.7. The van der Waals surface area contributed by atoms with Crippen LogP contribution >= 0.6 is 21.6 Å². The fourth-order valence-electron chi connectivity index (χ4n) is 7.26. The molecule has 0 spiro atoms. The average molecular weight is 985 g/mol. The average Bonchev–Trinajstić information content (AvgIpc) is 3.73. The van der Waals surface area contributed by atoms with Gasteiger partial charge in [-0.25, -0.2) is 0 Å². The molecule has 0 aromatic heterocycles. The van der Waals surface area contributed by atoms with E-state index in [9.17, 15) is 52.7 Å². The summed E-state index contributed by atoms with van der Waals surface area (Å²) in [6, 6.07) is -10.6. The van der Waals surface area contributed by atoms with Crippen LogP contribution in [0, 0.1) is 17.8 Å². The Labute approximate surface area is 399 Å². The molecule has 0 aliphatic carbocycles. The first-order chi connectivity index (χ1) is 31.2. The van der Waals surface area contributed by atoms with Crippen molar-refractivity contribution in [1.82, 2.24) is 42.1 Å². The highest BCUT2D eigenvalue weighted by atomic mass is 33.1. The van der Waals surface area contributed by atoms with Gasteiger partial charge in [-0.2, -0.15) is 0 Å². The highest BCUT2D eigenvalue weighted by Crippen LogP contribution is 2.38. The van der Waals surface area contributed by atoms with Crippen LogP contribution in [0.2, 0.25) is 0 Å². The summed E-state index contributed by atoms with van der Waals surface area (Å²) in [4.78, 5) is 148. The van der Waals surface area contributed by atoms with Crippen LogP contribution in [0.3, 0.4) is 0 Å². The second-order valence-electron chi connectivity index (χ2n) is 18.4. The number of likely N-dealkylation sites (tertiary alicyclic amines) is 1. The molecule has 11 amide bonds. The fraction of sp³-hybridized carbons (Fsp3) is 0.738. The topological polar surface area (TPSA) is 379 Å². The zero-order valence-electron chi connectivity index (χ0n) is 39.7. The maximum absolute atomic E-state index is 14.6. The predicted octanol–water partition coefficient (Wildman–Crippen LogP) is -2.73. The van der Waals surface area contributed by atoms with Crippen LogP contribution < -0.4 is 60.2 Å². The van der Waals surface area contributed by atoms with Crippen molar-refractivity contribution in [3.63, 3.8) is 0 Å². The zero-order chi connectivity index (χ0) is 50.9. The van der Waals surface area contributed by atoms with Gasteiger partial charge < -0.3 is 65.1 Å². The summed E-state index contributed by atoms with van der Waals surface area (Å²) >= 11 is 0. The molecule has 0 radical (unpaired) electrons. The minimum atomic E-state index is -1.74. The third-order valence-electron chi connectivity index (χ3n) is 11.3. The summed E-state index contributed by atoms with van der Waals surface area (Å²) in [5, 5.41) is 18.1. The van der Waals surface area contributed by atoms with Gasteiger partial charge in [0.15, 0.2) is 0 Å². The molecule has 378 valence electrons. The Morgan fingerprint density at radius 1 is 0.776 bits per heavy atom. The number of nitrogens with zero attached hydrogens (tertiary/aromatic N) is 1. The van der Waals surface area contributed by atoms with Crippen LogP contribution in [0.5, 0.6) is 0 Å². The van der Waals surface area contributed by atoms with E-state index in [0.717, 1.165) is 21.6 Å². The first-order valence-electron chi connectivity index (χ1n) is 22.5. The van der Waals surface area contributed by atoms with Gasteiger partial charge in [-0.3, -0.25) is 52.7 Å². The van der Waals surface area contributed by atoms with Crippen molar-refractivity contribution >= 4 is 86.6 Å². The third kappa shape index (κ3) is 18.8. The van der Waals surface area contributed by atoms with Gasteiger partial charge in [0.2, 0.25) is 65.0 Å². The summed E-state index contributed by atoms with van der Waals surface area (Å²) in [5.41, 5.74) is 22.7. The monoisotopic (exact) mass is 984 g/mol. The van der Waals surface area contributed by atoms with E-state index < -0.39 is 143 Å². The normalized spacial score (nSPS) is 25.6. The highest BCUT2D eigenvalue weighted by Gasteiger charge is 2.42. The van der Waals surface area contributed by atoms with E-state index in [1.54, 1.807) is 27.7 Å². The number of hydrogen-bond donors (Lipinski definition) is 11. The molecule has 2 aliphatic rings. The summed E-state index contributed by atoms with van der Waals surface area (Å²) in [5.74, 6) is -9.95. The smallest absolute Gasteiger partial charge is 0.246 e. The number of primary amides is 3. The molecule has 23 nitrogen and oxygen atoms in total. The van der Waals surface area contributed by atoms with Crippen molar-refractivity contribution in [2.24, 2.45) is 40.7 Å². The Morgan fingerprint density at radius 2 is 1.37 bits per heavy atom. The Balaban J connectivity index is 2.68. The number of rotatable bonds is 17. The summed E-state index contributed by atoms with van der Waals surface area (Å²) in [7, 11) is 2.14. The molecule has 9 atom stereocenters. The molecular weight excluding hydrogens is 913 g/mol. The summed E-state index contributed by atoms with van der Waals surface area (Å²) < 4.78 is -1.09. The molecule has 1 unspecified atom stereocenters. The minimum Gasteiger partial charge on any atom is -0.370 e. The van der Waals surface area contributed by atoms with Crippen LogP contribution in [-0.2, 0) is 52.7 Å². The van der Waals surface area contributed by atoms with Gasteiger partial charge in [0, 0.05) is 23.5 Å². The third-order valence-corrected chi connectivity index (χ3v) is 14.6. The SMILES string of the molecule is CC[C@H](C)C1NC(=O)[C@H](CC(C)C)NC(=O)[C@@H](N)C(C)(C)SSC[C@@H](C(=O)N2CCC[C@H]2C(=O)N[C@@H](CC(C)C)C(=O)NCC(N)=O)NC(=O)[C@H](CC(N)=O)NC(=O)[C@H](CCC(N)=O)NC1=O. The molecule has 2 heterocycles. The molecule has 2 rings (SSSR count). The van der Waals surface area contributed by atoms with E-state index in [1.807, 2.05) is 27.7 Å². The Kier molecular flexibility index (Phi) is 23.3. The maximum Gasteiger partial charge on any atom is 0.246 e. The highest BCUT2D eigenvalue weighted by molar-refractivity contribution is 8.77. The van der Waals surface area contributed by atoms with Crippen molar-refractivity contribution in [3.8, 4) is 0 Å². The standard InChI is InChI=1S/C42H72N12O11S2/c1-9-22(6)32-39(63)48-23(12-13-29(43)55)35(59)49-26(17-30(44)56)36(60)52-27(19-66-67-42(7,8)33(46)40(64)51-25(16-21(4)5)37(61)53-32)41(65)54-14-10-11-28(54)38(62)50-24(15-20(2)3)34(58)47-18-31(45)57/h20-28,32-33H,9-19,46H2,1-8H3,(H2,43,55)(H2,44,56)(H2,45,57)(H,47,58)(H,48,63)(H,49,59)(H,50,62)(H,51,64)(H,52,60)(H,53,61)/t22-,23-,24-,25-,26-,27-,28-,32?,33+/m0/s1. The van der Waals surface area contributed by atoms with Crippen LogP contribution in [0.1, 0.15) is 107 Å². The number of nitrogens with two attached hydrogens (primary N) is 4. The Morgan fingerprint density at radius 3 is 1.94 bits per heavy atom. The molecule has 0 aromatic rings. The molecular formula is C42H72N12O11S2. The molecule has 15 N–H and O–H groups in total. The maximum atomic E-state index is 14.6. The second-order valence-corrected chi connectivity index (χ2v) is 21.4. The van der Waals surface area contributed by atoms with Crippen molar-refractivity contribution < 1.29 is 52.7 Å². The Bertz CT molecular complexity index is 1840. The van der Waals surface area contributed by atoms with Crippen molar-refractivity contribution in [3.05, 3.63) is 0 Å². The number of amides is 11. The number of nitrogens with one attached hydrogen (secondary N) is 7. The lowest BCUT2D eigenvalue weighted by molar-refractivity contribution is -0.142. The quantitative estimate of drug-likeness (QED) is 0.0660. The lowest BCUT2D eigenvalue weighted by Gasteiger charge is -2.33. The van der Waals surface area contributed by atoms with Crippen LogP contribution in [0.25, 0.3) is 0 Å². The van der Waals surface area contributed by atoms with E-state index in [0.29, 0.717) is 12.8 Å². The van der Waals surface area contributed by atoms with Gasteiger partial charge >= 0.3 is 0 Å². The van der Waals surface area contributed by atoms with E-state index >= 15 is 0 Å². The van der Waals surface area contributed by atoms with Crippen molar-refractivity contribution in [2.75, 3.05) is 18.8 Å². The lowest BCUT2D eigenvalue weighted by Crippen LogP contribution is -2.62. The van der Waals surface area contributed by atoms with Crippen LogP contribution in [-0.4, -0.2) is 142 Å². The van der Waals surface area contributed by atoms with Crippen LogP contribution in [0.4, 0.5) is 0 Å². The molecule has 0 aromatic carbocycles. The zero-order valence-corrected chi connectivity index (χ0v) is 41.3. The largest absolute Gasteiger partial charge is 0.370 e. The van der Waals surface area contributed by atoms with E-state index in [2.05, 4.69) is 37.2 Å². The molecule has 0 saturated carbocycles. The molecule has 67 heavy (non-hydrogen) atoms. The molecule has 2 fully saturated rings. The molecule has 25 heteroatoms. The second kappa shape index (κ2) is 27.0. The minimum absolute atomic E-state index is 0.0613. The van der Waals surface area contributed by atoms with Gasteiger partial charge in [-0.05, 0) is 63.7 Å². The fourth-order valence-corrected chi connectivity index (χ4v) is 10.0. The molecule has 2 aliphatic heterocycles. The van der Waals surface area contributed by atoms with E-state index in [4.69, 9.17) is 22.9 Å². The number of carbonyl (C=O) groups excluding carboxylic acids is 11. The van der Waals surface area contributed by atoms with Gasteiger partial charge in [0.25, 0.3) is 0 Å². The molecule has 0 bridgehead atoms. The number of hydrogen-bond acceptors (Lipinski definition) is 14. The van der Waals surface area contributed by atoms with Gasteiger partial charge in [-0.15, -0.1) is 0 Å². The van der Waals surface area contributed by atoms with Crippen LogP contribution in [0.15, 0.2) is 0 Å². The van der Waals surface area contributed by atoms with Gasteiger partial charge in [0.05, 0.1) is 19.0 Å². The number of carbonyl (C=O) groups is 11.